The van der Waals surface area contributed by atoms with Crippen LogP contribution in [0.2, 0.25) is 0 Å². The van der Waals surface area contributed by atoms with E-state index < -0.39 is 5.60 Å². The minimum atomic E-state index is -1.16. The van der Waals surface area contributed by atoms with Gasteiger partial charge >= 0.3 is 0 Å². The topological polar surface area (TPSA) is 79.5 Å². The molecule has 0 fully saturated rings. The average Bonchev–Trinajstić information content (AvgIpc) is 3.21. The Morgan fingerprint density at radius 3 is 2.50 bits per heavy atom. The smallest absolute Gasteiger partial charge is 0.193 e. The Bertz CT molecular complexity index is 703. The van der Waals surface area contributed by atoms with Crippen LogP contribution in [0.1, 0.15) is 19.6 Å². The van der Waals surface area contributed by atoms with E-state index in [0.29, 0.717) is 24.9 Å². The fourth-order valence-electron chi connectivity index (χ4n) is 2.44. The molecule has 1 atom stereocenters. The van der Waals surface area contributed by atoms with Gasteiger partial charge in [-0.05, 0) is 50.2 Å². The van der Waals surface area contributed by atoms with Crippen LogP contribution in [0, 0.1) is 0 Å². The van der Waals surface area contributed by atoms with Crippen molar-refractivity contribution in [1.29, 1.82) is 0 Å². The predicted octanol–water partition coefficient (Wildman–Crippen LogP) is 3.09. The van der Waals surface area contributed by atoms with Gasteiger partial charge in [0, 0.05) is 13.6 Å². The first-order chi connectivity index (χ1) is 13.0. The molecule has 0 aliphatic rings. The zero-order valence-electron chi connectivity index (χ0n) is 16.8. The number of guanidine groups is 1. The van der Waals surface area contributed by atoms with Crippen molar-refractivity contribution in [1.82, 2.24) is 10.2 Å². The minimum absolute atomic E-state index is 0. The molecule has 156 valence electrons. The van der Waals surface area contributed by atoms with E-state index in [2.05, 4.69) is 10.3 Å². The third-order valence-electron chi connectivity index (χ3n) is 4.04. The summed E-state index contributed by atoms with van der Waals surface area (Å²) >= 11 is 0. The first-order valence-electron chi connectivity index (χ1n) is 8.99. The summed E-state index contributed by atoms with van der Waals surface area (Å²) < 4.78 is 16.2. The normalized spacial score (nSPS) is 13.2. The van der Waals surface area contributed by atoms with Gasteiger partial charge < -0.3 is 29.2 Å². The molecule has 0 spiro atoms. The minimum Gasteiger partial charge on any atom is -0.497 e. The summed E-state index contributed by atoms with van der Waals surface area (Å²) in [4.78, 5) is 6.50. The summed E-state index contributed by atoms with van der Waals surface area (Å²) in [5.41, 5.74) is -1.16. The highest BCUT2D eigenvalue weighted by Crippen LogP contribution is 2.21. The number of rotatable bonds is 9. The molecule has 0 radical (unpaired) electrons. The van der Waals surface area contributed by atoms with Crippen molar-refractivity contribution in [3.8, 4) is 11.5 Å². The standard InChI is InChI=1S/C20H29N3O4.HI/c1-5-21-19(22-15-20(2,24)18-7-6-13-27-18)23(3)12-14-26-17-10-8-16(25-4)9-11-17;/h6-11,13,24H,5,12,14-15H2,1-4H3,(H,21,22);1H. The molecule has 2 rings (SSSR count). The SMILES string of the molecule is CCNC(=NCC(C)(O)c1ccco1)N(C)CCOc1ccc(OC)cc1.I. The molecular formula is C20H30IN3O4. The molecule has 0 aliphatic carbocycles. The lowest BCUT2D eigenvalue weighted by molar-refractivity contribution is 0.0435. The zero-order chi connectivity index (χ0) is 19.7. The van der Waals surface area contributed by atoms with Crippen molar-refractivity contribution in [2.45, 2.75) is 19.4 Å². The van der Waals surface area contributed by atoms with Crippen molar-refractivity contribution < 1.29 is 19.0 Å². The highest BCUT2D eigenvalue weighted by atomic mass is 127. The molecule has 8 heteroatoms. The van der Waals surface area contributed by atoms with E-state index >= 15 is 0 Å². The number of benzene rings is 1. The summed E-state index contributed by atoms with van der Waals surface area (Å²) in [6.07, 6.45) is 1.54. The van der Waals surface area contributed by atoms with Crippen LogP contribution in [0.5, 0.6) is 11.5 Å². The molecule has 1 heterocycles. The Morgan fingerprint density at radius 1 is 1.25 bits per heavy atom. The summed E-state index contributed by atoms with van der Waals surface area (Å²) in [5.74, 6) is 2.77. The van der Waals surface area contributed by atoms with Gasteiger partial charge in [-0.25, -0.2) is 4.99 Å². The second-order valence-electron chi connectivity index (χ2n) is 6.37. The van der Waals surface area contributed by atoms with Crippen LogP contribution >= 0.6 is 24.0 Å². The molecule has 1 aromatic carbocycles. The number of nitrogens with one attached hydrogen (secondary N) is 1. The van der Waals surface area contributed by atoms with Gasteiger partial charge in [-0.3, -0.25) is 0 Å². The van der Waals surface area contributed by atoms with E-state index in [9.17, 15) is 5.11 Å². The van der Waals surface area contributed by atoms with Crippen LogP contribution < -0.4 is 14.8 Å². The second kappa shape index (κ2) is 11.8. The quantitative estimate of drug-likeness (QED) is 0.311. The summed E-state index contributed by atoms with van der Waals surface area (Å²) in [5, 5.41) is 13.8. The molecule has 0 bridgehead atoms. The van der Waals surface area contributed by atoms with Gasteiger partial charge in [-0.2, -0.15) is 0 Å². The third-order valence-corrected chi connectivity index (χ3v) is 4.04. The molecule has 1 unspecified atom stereocenters. The Kier molecular flexibility index (Phi) is 10.2. The number of hydrogen-bond acceptors (Lipinski definition) is 5. The molecule has 7 nitrogen and oxygen atoms in total. The van der Waals surface area contributed by atoms with Gasteiger partial charge in [0.15, 0.2) is 5.96 Å². The van der Waals surface area contributed by atoms with Gasteiger partial charge in [-0.15, -0.1) is 24.0 Å². The second-order valence-corrected chi connectivity index (χ2v) is 6.37. The van der Waals surface area contributed by atoms with E-state index in [4.69, 9.17) is 13.9 Å². The molecule has 28 heavy (non-hydrogen) atoms. The fourth-order valence-corrected chi connectivity index (χ4v) is 2.44. The van der Waals surface area contributed by atoms with Crippen LogP contribution in [0.25, 0.3) is 0 Å². The first kappa shape index (κ1) is 24.1. The molecule has 0 saturated heterocycles. The number of furan rings is 1. The predicted molar refractivity (Wildman–Crippen MR) is 121 cm³/mol. The lowest BCUT2D eigenvalue weighted by atomic mass is 10.0. The molecule has 0 aliphatic heterocycles. The number of nitrogens with zero attached hydrogens (tertiary/aromatic N) is 2. The monoisotopic (exact) mass is 503 g/mol. The summed E-state index contributed by atoms with van der Waals surface area (Å²) in [7, 11) is 3.57. The highest BCUT2D eigenvalue weighted by Gasteiger charge is 2.26. The molecule has 2 N–H and O–H groups in total. The molecule has 1 aromatic heterocycles. The maximum absolute atomic E-state index is 10.6. The molecule has 0 amide bonds. The molecular weight excluding hydrogens is 473 g/mol. The Morgan fingerprint density at radius 2 is 1.93 bits per heavy atom. The van der Waals surface area contributed by atoms with E-state index in [1.165, 1.54) is 0 Å². The van der Waals surface area contributed by atoms with Crippen molar-refractivity contribution in [3.05, 3.63) is 48.4 Å². The maximum Gasteiger partial charge on any atom is 0.193 e. The van der Waals surface area contributed by atoms with Crippen molar-refractivity contribution in [2.75, 3.05) is 40.4 Å². The first-order valence-corrected chi connectivity index (χ1v) is 8.99. The van der Waals surface area contributed by atoms with Gasteiger partial charge in [0.1, 0.15) is 29.5 Å². The number of methoxy groups -OCH3 is 1. The van der Waals surface area contributed by atoms with Crippen LogP contribution in [-0.4, -0.2) is 56.4 Å². The maximum atomic E-state index is 10.6. The number of hydrogen-bond donors (Lipinski definition) is 2. The van der Waals surface area contributed by atoms with Crippen molar-refractivity contribution in [3.63, 3.8) is 0 Å². The van der Waals surface area contributed by atoms with Gasteiger partial charge in [-0.1, -0.05) is 0 Å². The van der Waals surface area contributed by atoms with E-state index in [1.807, 2.05) is 43.1 Å². The Labute approximate surface area is 183 Å². The number of likely N-dealkylation sites (N-methyl/N-ethyl adjacent to an activating group) is 1. The Hall–Kier alpha value is -1.94. The number of aliphatic hydroxyl groups is 1. The van der Waals surface area contributed by atoms with Crippen LogP contribution in [0.3, 0.4) is 0 Å². The van der Waals surface area contributed by atoms with E-state index in [1.54, 1.807) is 32.4 Å². The number of ether oxygens (including phenoxy) is 2. The van der Waals surface area contributed by atoms with Crippen molar-refractivity contribution in [2.24, 2.45) is 4.99 Å². The van der Waals surface area contributed by atoms with Gasteiger partial charge in [0.05, 0.1) is 26.5 Å². The highest BCUT2D eigenvalue weighted by molar-refractivity contribution is 14.0. The average molecular weight is 503 g/mol. The number of halogens is 1. The Balaban J connectivity index is 0.00000392. The van der Waals surface area contributed by atoms with E-state index in [-0.39, 0.29) is 30.5 Å². The van der Waals surface area contributed by atoms with Crippen LogP contribution in [0.15, 0.2) is 52.1 Å². The van der Waals surface area contributed by atoms with Crippen molar-refractivity contribution >= 4 is 29.9 Å². The van der Waals surface area contributed by atoms with Crippen LogP contribution in [-0.2, 0) is 5.60 Å². The largest absolute Gasteiger partial charge is 0.497 e. The zero-order valence-corrected chi connectivity index (χ0v) is 19.2. The molecule has 0 saturated carbocycles. The van der Waals surface area contributed by atoms with E-state index in [0.717, 1.165) is 18.0 Å². The third kappa shape index (κ3) is 7.23. The van der Waals surface area contributed by atoms with Gasteiger partial charge in [0.25, 0.3) is 0 Å². The molecule has 2 aromatic rings. The summed E-state index contributed by atoms with van der Waals surface area (Å²) in [6, 6.07) is 11.0. The van der Waals surface area contributed by atoms with Gasteiger partial charge in [0.2, 0.25) is 0 Å². The fraction of sp³-hybridized carbons (Fsp3) is 0.450. The van der Waals surface area contributed by atoms with Crippen LogP contribution in [0.4, 0.5) is 0 Å². The lowest BCUT2D eigenvalue weighted by Gasteiger charge is -2.24. The number of aliphatic imine (C=N–C) groups is 1. The lowest BCUT2D eigenvalue weighted by Crippen LogP contribution is -2.42. The summed E-state index contributed by atoms with van der Waals surface area (Å²) in [6.45, 7) is 5.74.